The maximum absolute atomic E-state index is 12.5. The highest BCUT2D eigenvalue weighted by atomic mass is 32.2. The second-order valence-electron chi connectivity index (χ2n) is 6.84. The van der Waals surface area contributed by atoms with E-state index in [9.17, 15) is 13.2 Å². The van der Waals surface area contributed by atoms with Crippen LogP contribution < -0.4 is 19.5 Å². The molecule has 10 heteroatoms. The molecule has 1 aromatic heterocycles. The van der Waals surface area contributed by atoms with Crippen LogP contribution >= 0.6 is 0 Å². The molecule has 0 atom stereocenters. The third-order valence-electron chi connectivity index (χ3n) is 4.61. The van der Waals surface area contributed by atoms with Gasteiger partial charge in [0.1, 0.15) is 0 Å². The number of anilines is 1. The van der Waals surface area contributed by atoms with Crippen molar-refractivity contribution in [2.24, 2.45) is 0 Å². The van der Waals surface area contributed by atoms with Gasteiger partial charge in [-0.1, -0.05) is 13.0 Å². The lowest BCUT2D eigenvalue weighted by atomic mass is 10.1. The van der Waals surface area contributed by atoms with E-state index >= 15 is 0 Å². The highest BCUT2D eigenvalue weighted by Crippen LogP contribution is 2.31. The van der Waals surface area contributed by atoms with E-state index in [1.165, 1.54) is 12.1 Å². The summed E-state index contributed by atoms with van der Waals surface area (Å²) in [7, 11) is -3.57. The molecule has 0 radical (unpaired) electrons. The number of rotatable bonds is 6. The Bertz CT molecular complexity index is 1190. The van der Waals surface area contributed by atoms with E-state index in [2.05, 4.69) is 20.2 Å². The fourth-order valence-electron chi connectivity index (χ4n) is 3.21. The second-order valence-corrected chi connectivity index (χ2v) is 8.60. The van der Waals surface area contributed by atoms with Crippen LogP contribution in [-0.4, -0.2) is 44.3 Å². The monoisotopic (exact) mass is 430 g/mol. The van der Waals surface area contributed by atoms with Gasteiger partial charge >= 0.3 is 0 Å². The van der Waals surface area contributed by atoms with Crippen molar-refractivity contribution >= 4 is 32.7 Å². The summed E-state index contributed by atoms with van der Waals surface area (Å²) in [6.45, 7) is 3.19. The maximum Gasteiger partial charge on any atom is 0.240 e. The zero-order valence-corrected chi connectivity index (χ0v) is 17.2. The lowest BCUT2D eigenvalue weighted by Crippen LogP contribution is -2.23. The summed E-state index contributed by atoms with van der Waals surface area (Å²) in [6, 6.07) is 10.0. The van der Waals surface area contributed by atoms with Crippen molar-refractivity contribution in [3.8, 4) is 11.5 Å². The van der Waals surface area contributed by atoms with Gasteiger partial charge in [0.05, 0.1) is 30.0 Å². The minimum Gasteiger partial charge on any atom is -0.490 e. The van der Waals surface area contributed by atoms with Crippen LogP contribution in [0.2, 0.25) is 0 Å². The summed E-state index contributed by atoms with van der Waals surface area (Å²) in [4.78, 5) is 12.7. The molecule has 0 fully saturated rings. The topological polar surface area (TPSA) is 122 Å². The van der Waals surface area contributed by atoms with Gasteiger partial charge in [-0.3, -0.25) is 9.89 Å². The first kappa shape index (κ1) is 20.2. The van der Waals surface area contributed by atoms with Crippen LogP contribution in [0.4, 0.5) is 5.82 Å². The molecule has 0 saturated carbocycles. The minimum absolute atomic E-state index is 0.130. The predicted octanol–water partition coefficient (Wildman–Crippen LogP) is 2.20. The molecule has 3 aromatic rings. The molecule has 3 N–H and O–H groups in total. The predicted molar refractivity (Wildman–Crippen MR) is 111 cm³/mol. The number of hydrogen-bond acceptors (Lipinski definition) is 6. The van der Waals surface area contributed by atoms with Gasteiger partial charge < -0.3 is 14.8 Å². The lowest BCUT2D eigenvalue weighted by Gasteiger charge is -2.09. The average molecular weight is 430 g/mol. The van der Waals surface area contributed by atoms with Crippen molar-refractivity contribution in [1.29, 1.82) is 0 Å². The molecule has 4 rings (SSSR count). The molecule has 1 amide bonds. The highest BCUT2D eigenvalue weighted by Gasteiger charge is 2.17. The molecule has 1 aliphatic heterocycles. The molecule has 158 valence electrons. The molecule has 0 aliphatic carbocycles. The van der Waals surface area contributed by atoms with Crippen LogP contribution in [0.5, 0.6) is 11.5 Å². The van der Waals surface area contributed by atoms with Crippen LogP contribution in [0.25, 0.3) is 10.9 Å². The van der Waals surface area contributed by atoms with Crippen molar-refractivity contribution in [1.82, 2.24) is 14.9 Å². The van der Waals surface area contributed by atoms with Gasteiger partial charge in [-0.2, -0.15) is 5.10 Å². The molecule has 0 unspecified atom stereocenters. The number of ether oxygens (including phenoxy) is 2. The zero-order chi connectivity index (χ0) is 21.1. The second kappa shape index (κ2) is 8.33. The van der Waals surface area contributed by atoms with Crippen LogP contribution in [0.1, 0.15) is 18.9 Å². The van der Waals surface area contributed by atoms with Gasteiger partial charge in [-0.25, -0.2) is 13.1 Å². The summed E-state index contributed by atoms with van der Waals surface area (Å²) in [5.74, 6) is 1.41. The number of benzene rings is 2. The molecule has 0 bridgehead atoms. The van der Waals surface area contributed by atoms with Crippen LogP contribution in [-0.2, 0) is 21.2 Å². The molecule has 0 spiro atoms. The number of amides is 1. The first-order valence-corrected chi connectivity index (χ1v) is 11.1. The van der Waals surface area contributed by atoms with E-state index in [-0.39, 0.29) is 17.2 Å². The van der Waals surface area contributed by atoms with Crippen molar-refractivity contribution in [3.63, 3.8) is 0 Å². The quantitative estimate of drug-likeness (QED) is 0.551. The molecule has 0 saturated heterocycles. The number of aromatic nitrogens is 2. The number of aromatic amines is 1. The molecule has 9 nitrogen and oxygen atoms in total. The summed E-state index contributed by atoms with van der Waals surface area (Å²) in [6.07, 6.45) is 0.951. The van der Waals surface area contributed by atoms with Crippen molar-refractivity contribution in [2.45, 2.75) is 24.7 Å². The number of carbonyl (C=O) groups excluding carboxylic acids is 1. The van der Waals surface area contributed by atoms with Crippen LogP contribution in [0.3, 0.4) is 0 Å². The van der Waals surface area contributed by atoms with E-state index in [0.717, 1.165) is 12.0 Å². The van der Waals surface area contributed by atoms with Gasteiger partial charge in [0.2, 0.25) is 15.9 Å². The average Bonchev–Trinajstić information content (AvgIpc) is 2.95. The zero-order valence-electron chi connectivity index (χ0n) is 16.4. The molecule has 30 heavy (non-hydrogen) atoms. The summed E-state index contributed by atoms with van der Waals surface area (Å²) >= 11 is 0. The SMILES string of the molecule is CCNS(=O)(=O)c1ccc2c(NC(=O)Cc3ccc4c(c3)OCCCO4)n[nH]c2c1. The van der Waals surface area contributed by atoms with Crippen molar-refractivity contribution in [2.75, 3.05) is 25.1 Å². The Balaban J connectivity index is 1.49. The summed E-state index contributed by atoms with van der Waals surface area (Å²) in [5.41, 5.74) is 1.30. The first-order chi connectivity index (χ1) is 14.5. The number of hydrogen-bond donors (Lipinski definition) is 3. The third-order valence-corrected chi connectivity index (χ3v) is 6.16. The fourth-order valence-corrected chi connectivity index (χ4v) is 4.28. The van der Waals surface area contributed by atoms with Crippen LogP contribution in [0.15, 0.2) is 41.3 Å². The Kier molecular flexibility index (Phi) is 5.60. The number of fused-ring (bicyclic) bond motifs is 2. The largest absolute Gasteiger partial charge is 0.490 e. The van der Waals surface area contributed by atoms with Crippen LogP contribution in [0, 0.1) is 0 Å². The Morgan fingerprint density at radius 3 is 2.73 bits per heavy atom. The highest BCUT2D eigenvalue weighted by molar-refractivity contribution is 7.89. The number of H-pyrrole nitrogens is 1. The first-order valence-electron chi connectivity index (χ1n) is 9.62. The summed E-state index contributed by atoms with van der Waals surface area (Å²) in [5, 5.41) is 10.3. The van der Waals surface area contributed by atoms with Crippen molar-refractivity contribution in [3.05, 3.63) is 42.0 Å². The van der Waals surface area contributed by atoms with E-state index < -0.39 is 10.0 Å². The minimum atomic E-state index is -3.57. The van der Waals surface area contributed by atoms with E-state index in [4.69, 9.17) is 9.47 Å². The number of carbonyl (C=O) groups is 1. The number of nitrogens with one attached hydrogen (secondary N) is 3. The Labute approximate surface area is 173 Å². The molecule has 2 heterocycles. The van der Waals surface area contributed by atoms with Gasteiger partial charge in [-0.05, 0) is 35.9 Å². The standard InChI is InChI=1S/C20H22N4O5S/c1-2-21-30(26,27)14-5-6-15-16(12-14)23-24-20(15)22-19(25)11-13-4-7-17-18(10-13)29-9-3-8-28-17/h4-7,10,12,21H,2-3,8-9,11H2,1H3,(H2,22,23,24,25). The van der Waals surface area contributed by atoms with Gasteiger partial charge in [0.15, 0.2) is 17.3 Å². The van der Waals surface area contributed by atoms with Crippen molar-refractivity contribution < 1.29 is 22.7 Å². The molecule has 1 aliphatic rings. The number of nitrogens with zero attached hydrogens (tertiary/aromatic N) is 1. The Morgan fingerprint density at radius 1 is 1.13 bits per heavy atom. The number of sulfonamides is 1. The maximum atomic E-state index is 12.5. The van der Waals surface area contributed by atoms with Gasteiger partial charge in [0, 0.05) is 18.4 Å². The van der Waals surface area contributed by atoms with E-state index in [1.54, 1.807) is 25.1 Å². The van der Waals surface area contributed by atoms with E-state index in [1.807, 2.05) is 6.07 Å². The fraction of sp³-hybridized carbons (Fsp3) is 0.300. The molecular weight excluding hydrogens is 408 g/mol. The molecular formula is C20H22N4O5S. The normalized spacial score (nSPS) is 13.8. The van der Waals surface area contributed by atoms with Gasteiger partial charge in [-0.15, -0.1) is 0 Å². The van der Waals surface area contributed by atoms with E-state index in [0.29, 0.717) is 48.0 Å². The third kappa shape index (κ3) is 4.24. The lowest BCUT2D eigenvalue weighted by molar-refractivity contribution is -0.115. The Hall–Kier alpha value is -3.11. The smallest absolute Gasteiger partial charge is 0.240 e. The molecule has 2 aromatic carbocycles. The Morgan fingerprint density at radius 2 is 1.93 bits per heavy atom. The van der Waals surface area contributed by atoms with Gasteiger partial charge in [0.25, 0.3) is 0 Å². The summed E-state index contributed by atoms with van der Waals surface area (Å²) < 4.78 is 38.0.